The van der Waals surface area contributed by atoms with Gasteiger partial charge in [0.25, 0.3) is 0 Å². The molecule has 1 heterocycles. The molecule has 0 bridgehead atoms. The first-order valence-corrected chi connectivity index (χ1v) is 7.80. The topological polar surface area (TPSA) is 75.9 Å². The van der Waals surface area contributed by atoms with Crippen molar-refractivity contribution in [1.82, 2.24) is 9.80 Å². The van der Waals surface area contributed by atoms with Crippen molar-refractivity contribution in [2.75, 3.05) is 33.3 Å². The van der Waals surface area contributed by atoms with Crippen LogP contribution in [-0.4, -0.2) is 60.4 Å². The molecule has 126 valence electrons. The Balaban J connectivity index is 1.89. The molecule has 6 heteroatoms. The van der Waals surface area contributed by atoms with Gasteiger partial charge in [-0.25, -0.2) is 0 Å². The molecule has 1 aromatic rings. The van der Waals surface area contributed by atoms with Gasteiger partial charge < -0.3 is 20.3 Å². The summed E-state index contributed by atoms with van der Waals surface area (Å²) in [6.07, 6.45) is 0.341. The SMILES string of the molecule is COc1cccc(CC(=O)N2CCN(C(=O)C(C)(C)N)CC2)c1. The molecule has 1 aromatic carbocycles. The van der Waals surface area contributed by atoms with Crippen LogP contribution in [0.1, 0.15) is 19.4 Å². The van der Waals surface area contributed by atoms with E-state index in [1.807, 2.05) is 24.3 Å². The fourth-order valence-electron chi connectivity index (χ4n) is 2.64. The highest BCUT2D eigenvalue weighted by Crippen LogP contribution is 2.15. The number of carbonyl (C=O) groups is 2. The Hall–Kier alpha value is -2.08. The van der Waals surface area contributed by atoms with Crippen LogP contribution in [0.5, 0.6) is 5.75 Å². The number of ether oxygens (including phenoxy) is 1. The Bertz CT molecular complexity index is 573. The number of hydrogen-bond donors (Lipinski definition) is 1. The molecule has 6 nitrogen and oxygen atoms in total. The van der Waals surface area contributed by atoms with Crippen LogP contribution in [0.4, 0.5) is 0 Å². The first-order valence-electron chi connectivity index (χ1n) is 7.80. The quantitative estimate of drug-likeness (QED) is 0.884. The molecule has 0 unspecified atom stereocenters. The maximum Gasteiger partial charge on any atom is 0.242 e. The van der Waals surface area contributed by atoms with Gasteiger partial charge in [-0.1, -0.05) is 12.1 Å². The molecular formula is C17H25N3O3. The van der Waals surface area contributed by atoms with E-state index in [-0.39, 0.29) is 11.8 Å². The average Bonchev–Trinajstić information content (AvgIpc) is 2.53. The summed E-state index contributed by atoms with van der Waals surface area (Å²) in [5.41, 5.74) is 5.91. The van der Waals surface area contributed by atoms with Crippen molar-refractivity contribution in [1.29, 1.82) is 0 Å². The third kappa shape index (κ3) is 4.45. The molecule has 1 aliphatic rings. The van der Waals surface area contributed by atoms with Crippen molar-refractivity contribution in [2.24, 2.45) is 5.73 Å². The van der Waals surface area contributed by atoms with E-state index in [0.717, 1.165) is 11.3 Å². The first-order chi connectivity index (χ1) is 10.8. The lowest BCUT2D eigenvalue weighted by Crippen LogP contribution is -2.57. The van der Waals surface area contributed by atoms with Gasteiger partial charge in [0.1, 0.15) is 5.75 Å². The fourth-order valence-corrected chi connectivity index (χ4v) is 2.64. The second-order valence-corrected chi connectivity index (χ2v) is 6.42. The molecule has 1 fully saturated rings. The van der Waals surface area contributed by atoms with Crippen LogP contribution in [0.15, 0.2) is 24.3 Å². The molecule has 2 N–H and O–H groups in total. The second kappa shape index (κ2) is 7.00. The van der Waals surface area contributed by atoms with E-state index >= 15 is 0 Å². The van der Waals surface area contributed by atoms with Crippen LogP contribution < -0.4 is 10.5 Å². The summed E-state index contributed by atoms with van der Waals surface area (Å²) in [6.45, 7) is 5.56. The number of methoxy groups -OCH3 is 1. The van der Waals surface area contributed by atoms with Crippen LogP contribution in [0, 0.1) is 0 Å². The lowest BCUT2D eigenvalue weighted by molar-refractivity contribution is -0.142. The van der Waals surface area contributed by atoms with Crippen molar-refractivity contribution in [3.63, 3.8) is 0 Å². The molecule has 0 spiro atoms. The van der Waals surface area contributed by atoms with Gasteiger partial charge in [-0.15, -0.1) is 0 Å². The van der Waals surface area contributed by atoms with E-state index in [1.165, 1.54) is 0 Å². The van der Waals surface area contributed by atoms with Gasteiger partial charge in [0.05, 0.1) is 19.1 Å². The van der Waals surface area contributed by atoms with Crippen LogP contribution in [0.2, 0.25) is 0 Å². The van der Waals surface area contributed by atoms with Gasteiger partial charge in [0.15, 0.2) is 0 Å². The molecule has 2 rings (SSSR count). The molecule has 0 aliphatic carbocycles. The van der Waals surface area contributed by atoms with Crippen molar-refractivity contribution in [3.8, 4) is 5.75 Å². The number of amides is 2. The summed E-state index contributed by atoms with van der Waals surface area (Å²) in [6, 6.07) is 7.51. The highest BCUT2D eigenvalue weighted by Gasteiger charge is 2.31. The largest absolute Gasteiger partial charge is 0.497 e. The number of carbonyl (C=O) groups excluding carboxylic acids is 2. The second-order valence-electron chi connectivity index (χ2n) is 6.42. The van der Waals surface area contributed by atoms with E-state index < -0.39 is 5.54 Å². The summed E-state index contributed by atoms with van der Waals surface area (Å²) in [4.78, 5) is 28.1. The van der Waals surface area contributed by atoms with E-state index in [1.54, 1.807) is 30.8 Å². The van der Waals surface area contributed by atoms with Crippen molar-refractivity contribution in [3.05, 3.63) is 29.8 Å². The average molecular weight is 319 g/mol. The number of hydrogen-bond acceptors (Lipinski definition) is 4. The van der Waals surface area contributed by atoms with Gasteiger partial charge in [-0.3, -0.25) is 9.59 Å². The molecule has 0 aromatic heterocycles. The number of nitrogens with two attached hydrogens (primary N) is 1. The summed E-state index contributed by atoms with van der Waals surface area (Å²) in [5, 5.41) is 0. The molecule has 1 aliphatic heterocycles. The van der Waals surface area contributed by atoms with E-state index in [4.69, 9.17) is 10.5 Å². The summed E-state index contributed by atoms with van der Waals surface area (Å²) in [5.74, 6) is 0.741. The van der Waals surface area contributed by atoms with Crippen LogP contribution in [0.3, 0.4) is 0 Å². The number of piperazine rings is 1. The molecule has 0 saturated carbocycles. The van der Waals surface area contributed by atoms with Crippen molar-refractivity contribution in [2.45, 2.75) is 25.8 Å². The molecule has 0 atom stereocenters. The van der Waals surface area contributed by atoms with Gasteiger partial charge in [0, 0.05) is 26.2 Å². The Morgan fingerprint density at radius 2 is 1.78 bits per heavy atom. The highest BCUT2D eigenvalue weighted by atomic mass is 16.5. The Morgan fingerprint density at radius 1 is 1.17 bits per heavy atom. The fraction of sp³-hybridized carbons (Fsp3) is 0.529. The third-order valence-corrected chi connectivity index (χ3v) is 3.96. The monoisotopic (exact) mass is 319 g/mol. The minimum atomic E-state index is -0.868. The van der Waals surface area contributed by atoms with Gasteiger partial charge in [-0.2, -0.15) is 0 Å². The summed E-state index contributed by atoms with van der Waals surface area (Å²) >= 11 is 0. The summed E-state index contributed by atoms with van der Waals surface area (Å²) < 4.78 is 5.17. The van der Waals surface area contributed by atoms with Crippen molar-refractivity contribution >= 4 is 11.8 Å². The minimum absolute atomic E-state index is 0.0670. The maximum absolute atomic E-state index is 12.4. The smallest absolute Gasteiger partial charge is 0.242 e. The van der Waals surface area contributed by atoms with Gasteiger partial charge in [0.2, 0.25) is 11.8 Å². The van der Waals surface area contributed by atoms with Crippen molar-refractivity contribution < 1.29 is 14.3 Å². The van der Waals surface area contributed by atoms with Crippen LogP contribution in [-0.2, 0) is 16.0 Å². The molecule has 23 heavy (non-hydrogen) atoms. The third-order valence-electron chi connectivity index (χ3n) is 3.96. The number of rotatable bonds is 4. The normalized spacial score (nSPS) is 15.5. The van der Waals surface area contributed by atoms with E-state index in [2.05, 4.69) is 0 Å². The minimum Gasteiger partial charge on any atom is -0.497 e. The Labute approximate surface area is 137 Å². The molecule has 2 amide bonds. The van der Waals surface area contributed by atoms with Crippen LogP contribution >= 0.6 is 0 Å². The number of nitrogens with zero attached hydrogens (tertiary/aromatic N) is 2. The zero-order chi connectivity index (χ0) is 17.0. The standard InChI is InChI=1S/C17H25N3O3/c1-17(2,18)16(22)20-9-7-19(8-10-20)15(21)12-13-5-4-6-14(11-13)23-3/h4-6,11H,7-10,12,18H2,1-3H3. The molecule has 1 saturated heterocycles. The summed E-state index contributed by atoms with van der Waals surface area (Å²) in [7, 11) is 1.61. The van der Waals surface area contributed by atoms with E-state index in [0.29, 0.717) is 32.6 Å². The zero-order valence-corrected chi connectivity index (χ0v) is 14.0. The van der Waals surface area contributed by atoms with Crippen LogP contribution in [0.25, 0.3) is 0 Å². The van der Waals surface area contributed by atoms with Gasteiger partial charge >= 0.3 is 0 Å². The van der Waals surface area contributed by atoms with Gasteiger partial charge in [-0.05, 0) is 31.5 Å². The Morgan fingerprint density at radius 3 is 2.35 bits per heavy atom. The number of benzene rings is 1. The first kappa shape index (κ1) is 17.3. The zero-order valence-electron chi connectivity index (χ0n) is 14.0. The molecule has 0 radical (unpaired) electrons. The maximum atomic E-state index is 12.4. The predicted octanol–water partition coefficient (Wildman–Crippen LogP) is 0.646. The lowest BCUT2D eigenvalue weighted by atomic mass is 10.0. The predicted molar refractivity (Wildman–Crippen MR) is 88.1 cm³/mol. The Kier molecular flexibility index (Phi) is 5.26. The lowest BCUT2D eigenvalue weighted by Gasteiger charge is -2.37. The molecular weight excluding hydrogens is 294 g/mol. The highest BCUT2D eigenvalue weighted by molar-refractivity contribution is 5.85. The van der Waals surface area contributed by atoms with E-state index in [9.17, 15) is 9.59 Å².